The van der Waals surface area contributed by atoms with Crippen LogP contribution in [-0.2, 0) is 14.8 Å². The molecule has 3 N–H and O–H groups in total. The highest BCUT2D eigenvalue weighted by molar-refractivity contribution is 7.89. The number of aromatic nitrogens is 2. The van der Waals surface area contributed by atoms with E-state index in [1.807, 2.05) is 0 Å². The van der Waals surface area contributed by atoms with Gasteiger partial charge in [0.15, 0.2) is 11.5 Å². The van der Waals surface area contributed by atoms with Crippen LogP contribution in [0.1, 0.15) is 16.1 Å². The second-order valence-electron chi connectivity index (χ2n) is 6.24. The van der Waals surface area contributed by atoms with Crippen LogP contribution in [0.2, 0.25) is 0 Å². The average Bonchev–Trinajstić information content (AvgIpc) is 2.74. The first-order valence-corrected chi connectivity index (χ1v) is 10.3. The maximum Gasteiger partial charge on any atom is 0.240 e. The minimum Gasteiger partial charge on any atom is -0.383 e. The molecular weight excluding hydrogens is 411 g/mol. The number of hydrogen-bond acceptors (Lipinski definition) is 7. The molecule has 3 rings (SSSR count). The van der Waals surface area contributed by atoms with Crippen LogP contribution >= 0.6 is 0 Å². The molecule has 0 saturated carbocycles. The van der Waals surface area contributed by atoms with Crippen molar-refractivity contribution >= 4 is 21.6 Å². The molecule has 0 amide bonds. The van der Waals surface area contributed by atoms with E-state index in [1.165, 1.54) is 37.6 Å². The van der Waals surface area contributed by atoms with Gasteiger partial charge in [0.05, 0.1) is 23.4 Å². The van der Waals surface area contributed by atoms with Crippen molar-refractivity contribution in [2.24, 2.45) is 0 Å². The van der Waals surface area contributed by atoms with Crippen molar-refractivity contribution in [1.29, 1.82) is 0 Å². The van der Waals surface area contributed by atoms with Crippen molar-refractivity contribution in [2.45, 2.75) is 4.90 Å². The monoisotopic (exact) mass is 430 g/mol. The number of benzene rings is 2. The number of nitrogens with two attached hydrogens (primary N) is 1. The third-order valence-electron chi connectivity index (χ3n) is 4.16. The molecule has 30 heavy (non-hydrogen) atoms. The van der Waals surface area contributed by atoms with Crippen molar-refractivity contribution < 1.29 is 22.3 Å². The van der Waals surface area contributed by atoms with Gasteiger partial charge in [-0.3, -0.25) is 4.79 Å². The largest absolute Gasteiger partial charge is 0.383 e. The van der Waals surface area contributed by atoms with E-state index in [4.69, 9.17) is 10.5 Å². The predicted molar refractivity (Wildman–Crippen MR) is 109 cm³/mol. The number of carbonyl (C=O) groups is 1. The van der Waals surface area contributed by atoms with Gasteiger partial charge < -0.3 is 10.5 Å². The first kappa shape index (κ1) is 21.5. The Hall–Kier alpha value is -3.21. The fourth-order valence-corrected chi connectivity index (χ4v) is 3.69. The minimum absolute atomic E-state index is 0.0288. The van der Waals surface area contributed by atoms with E-state index in [1.54, 1.807) is 12.1 Å². The number of halogens is 1. The summed E-state index contributed by atoms with van der Waals surface area (Å²) in [6.45, 7) is 0.359. The Morgan fingerprint density at radius 1 is 1.20 bits per heavy atom. The SMILES string of the molecule is COCCNS(=O)(=O)c1cccc(-c2cnc(N)c(C(=O)c3ccc(F)cc3)n2)c1. The van der Waals surface area contributed by atoms with E-state index in [2.05, 4.69) is 14.7 Å². The summed E-state index contributed by atoms with van der Waals surface area (Å²) in [5, 5.41) is 0. The number of ether oxygens (including phenoxy) is 1. The third kappa shape index (κ3) is 4.85. The number of ketones is 1. The van der Waals surface area contributed by atoms with Crippen molar-refractivity contribution in [3.8, 4) is 11.3 Å². The van der Waals surface area contributed by atoms with Gasteiger partial charge in [0, 0.05) is 24.8 Å². The Labute approximate surface area is 173 Å². The van der Waals surface area contributed by atoms with Gasteiger partial charge in [-0.15, -0.1) is 0 Å². The maximum absolute atomic E-state index is 13.1. The third-order valence-corrected chi connectivity index (χ3v) is 5.62. The molecule has 1 heterocycles. The highest BCUT2D eigenvalue weighted by atomic mass is 32.2. The number of nitrogens with one attached hydrogen (secondary N) is 1. The molecular formula is C20H19FN4O4S. The molecule has 10 heteroatoms. The number of anilines is 1. The van der Waals surface area contributed by atoms with Crippen LogP contribution < -0.4 is 10.5 Å². The predicted octanol–water partition coefficient (Wildman–Crippen LogP) is 2.02. The molecule has 0 bridgehead atoms. The van der Waals surface area contributed by atoms with Crippen LogP contribution in [0, 0.1) is 5.82 Å². The van der Waals surface area contributed by atoms with Crippen LogP contribution in [0.5, 0.6) is 0 Å². The summed E-state index contributed by atoms with van der Waals surface area (Å²) in [7, 11) is -2.28. The van der Waals surface area contributed by atoms with Crippen molar-refractivity contribution in [3.63, 3.8) is 0 Å². The van der Waals surface area contributed by atoms with E-state index < -0.39 is 21.6 Å². The summed E-state index contributed by atoms with van der Waals surface area (Å²) in [5.74, 6) is -1.08. The summed E-state index contributed by atoms with van der Waals surface area (Å²) >= 11 is 0. The number of sulfonamides is 1. The Morgan fingerprint density at radius 2 is 1.93 bits per heavy atom. The molecule has 0 radical (unpaired) electrons. The van der Waals surface area contributed by atoms with E-state index in [-0.39, 0.29) is 40.8 Å². The fourth-order valence-electron chi connectivity index (χ4n) is 2.63. The summed E-state index contributed by atoms with van der Waals surface area (Å²) in [6, 6.07) is 11.0. The number of rotatable bonds is 8. The number of nitrogen functional groups attached to an aromatic ring is 1. The van der Waals surface area contributed by atoms with Gasteiger partial charge in [0.25, 0.3) is 0 Å². The summed E-state index contributed by atoms with van der Waals surface area (Å²) < 4.78 is 45.2. The molecule has 0 aliphatic rings. The van der Waals surface area contributed by atoms with Gasteiger partial charge in [-0.05, 0) is 36.4 Å². The fraction of sp³-hybridized carbons (Fsp3) is 0.150. The molecule has 0 aliphatic heterocycles. The van der Waals surface area contributed by atoms with Gasteiger partial charge in [-0.2, -0.15) is 0 Å². The Kier molecular flexibility index (Phi) is 6.50. The zero-order chi connectivity index (χ0) is 21.7. The van der Waals surface area contributed by atoms with Crippen LogP contribution in [0.4, 0.5) is 10.2 Å². The number of hydrogen-bond donors (Lipinski definition) is 2. The zero-order valence-electron chi connectivity index (χ0n) is 16.0. The molecule has 1 aromatic heterocycles. The van der Waals surface area contributed by atoms with E-state index in [0.29, 0.717) is 5.56 Å². The molecule has 0 saturated heterocycles. The summed E-state index contributed by atoms with van der Waals surface area (Å²) in [6.07, 6.45) is 1.35. The second-order valence-corrected chi connectivity index (χ2v) is 8.01. The van der Waals surface area contributed by atoms with Crippen LogP contribution in [0.3, 0.4) is 0 Å². The Balaban J connectivity index is 1.95. The lowest BCUT2D eigenvalue weighted by Crippen LogP contribution is -2.27. The molecule has 0 aliphatic carbocycles. The molecule has 0 unspecified atom stereocenters. The Bertz CT molecular complexity index is 1170. The standard InChI is InChI=1S/C20H19FN4O4S/c1-29-10-9-24-30(27,28)16-4-2-3-14(11-16)17-12-23-20(22)18(25-17)19(26)13-5-7-15(21)8-6-13/h2-8,11-12,24H,9-10H2,1H3,(H2,22,23). The van der Waals surface area contributed by atoms with Gasteiger partial charge >= 0.3 is 0 Å². The van der Waals surface area contributed by atoms with Crippen LogP contribution in [0.25, 0.3) is 11.3 Å². The maximum atomic E-state index is 13.1. The highest BCUT2D eigenvalue weighted by Gasteiger charge is 2.18. The van der Waals surface area contributed by atoms with Gasteiger partial charge in [0.2, 0.25) is 15.8 Å². The molecule has 0 atom stereocenters. The van der Waals surface area contributed by atoms with Crippen molar-refractivity contribution in [3.05, 3.63) is 71.8 Å². The first-order chi connectivity index (χ1) is 14.3. The Morgan fingerprint density at radius 3 is 2.63 bits per heavy atom. The lowest BCUT2D eigenvalue weighted by Gasteiger charge is -2.09. The van der Waals surface area contributed by atoms with Crippen LogP contribution in [-0.4, -0.2) is 44.4 Å². The quantitative estimate of drug-likeness (QED) is 0.414. The molecule has 0 spiro atoms. The van der Waals surface area contributed by atoms with Crippen molar-refractivity contribution in [2.75, 3.05) is 26.0 Å². The lowest BCUT2D eigenvalue weighted by atomic mass is 10.1. The van der Waals surface area contributed by atoms with E-state index >= 15 is 0 Å². The molecule has 0 fully saturated rings. The zero-order valence-corrected chi connectivity index (χ0v) is 16.8. The van der Waals surface area contributed by atoms with Gasteiger partial charge in [-0.25, -0.2) is 27.5 Å². The lowest BCUT2D eigenvalue weighted by molar-refractivity contribution is 0.103. The highest BCUT2D eigenvalue weighted by Crippen LogP contribution is 2.23. The molecule has 2 aromatic carbocycles. The molecule has 3 aromatic rings. The summed E-state index contributed by atoms with van der Waals surface area (Å²) in [5.41, 5.74) is 6.62. The van der Waals surface area contributed by atoms with E-state index in [9.17, 15) is 17.6 Å². The normalized spacial score (nSPS) is 11.4. The summed E-state index contributed by atoms with van der Waals surface area (Å²) in [4.78, 5) is 21.0. The molecule has 156 valence electrons. The molecule has 8 nitrogen and oxygen atoms in total. The number of nitrogens with zero attached hydrogens (tertiary/aromatic N) is 2. The van der Waals surface area contributed by atoms with Crippen LogP contribution in [0.15, 0.2) is 59.6 Å². The van der Waals surface area contributed by atoms with E-state index in [0.717, 1.165) is 12.1 Å². The van der Waals surface area contributed by atoms with Crippen molar-refractivity contribution in [1.82, 2.24) is 14.7 Å². The topological polar surface area (TPSA) is 124 Å². The van der Waals surface area contributed by atoms with Gasteiger partial charge in [0.1, 0.15) is 5.82 Å². The van der Waals surface area contributed by atoms with Gasteiger partial charge in [-0.1, -0.05) is 12.1 Å². The second kappa shape index (κ2) is 9.08. The number of methoxy groups -OCH3 is 1. The minimum atomic E-state index is -3.75. The smallest absolute Gasteiger partial charge is 0.240 e. The number of carbonyl (C=O) groups excluding carboxylic acids is 1. The average molecular weight is 430 g/mol. The first-order valence-electron chi connectivity index (χ1n) is 8.83.